The van der Waals surface area contributed by atoms with Crippen LogP contribution in [0.1, 0.15) is 65.7 Å². The van der Waals surface area contributed by atoms with Gasteiger partial charge in [-0.3, -0.25) is 4.79 Å². The summed E-state index contributed by atoms with van der Waals surface area (Å²) in [4.78, 5) is 24.3. The van der Waals surface area contributed by atoms with Crippen LogP contribution in [-0.4, -0.2) is 42.6 Å². The van der Waals surface area contributed by atoms with E-state index >= 15 is 0 Å². The van der Waals surface area contributed by atoms with Crippen LogP contribution in [0.3, 0.4) is 0 Å². The maximum atomic E-state index is 12.5. The maximum Gasteiger partial charge on any atom is 0.251 e. The van der Waals surface area contributed by atoms with E-state index in [0.717, 1.165) is 68.0 Å². The molecule has 6 heteroatoms. The Morgan fingerprint density at radius 3 is 2.55 bits per heavy atom. The number of fused-ring (bicyclic) bond motifs is 1. The maximum absolute atomic E-state index is 12.5. The normalized spacial score (nSPS) is 20.6. The van der Waals surface area contributed by atoms with Crippen molar-refractivity contribution in [1.82, 2.24) is 15.3 Å². The Balaban J connectivity index is 1.30. The van der Waals surface area contributed by atoms with Gasteiger partial charge < -0.3 is 15.5 Å². The summed E-state index contributed by atoms with van der Waals surface area (Å²) in [5.41, 5.74) is 4.35. The number of rotatable bonds is 6. The van der Waals surface area contributed by atoms with Gasteiger partial charge in [0.15, 0.2) is 0 Å². The molecule has 0 saturated heterocycles. The van der Waals surface area contributed by atoms with E-state index in [1.807, 2.05) is 31.2 Å². The van der Waals surface area contributed by atoms with Crippen LogP contribution in [0.15, 0.2) is 24.3 Å². The molecule has 0 bridgehead atoms. The molecule has 1 amide bonds. The van der Waals surface area contributed by atoms with E-state index in [2.05, 4.69) is 29.6 Å². The topological polar surface area (TPSA) is 70.2 Å². The molecular formula is C25H35N5O. The summed E-state index contributed by atoms with van der Waals surface area (Å²) in [6, 6.07) is 8.17. The molecule has 1 heterocycles. The summed E-state index contributed by atoms with van der Waals surface area (Å²) in [6.45, 7) is 2.73. The fourth-order valence-corrected chi connectivity index (χ4v) is 4.86. The van der Waals surface area contributed by atoms with E-state index in [9.17, 15) is 4.79 Å². The summed E-state index contributed by atoms with van der Waals surface area (Å²) in [5.74, 6) is 2.42. The summed E-state index contributed by atoms with van der Waals surface area (Å²) >= 11 is 0. The SMILES string of the molecule is Cc1ccccc1C(=O)NC[C@H]1CC[C@@H](Nc2nc3c(c(N(C)C)n2)CCCC3)CC1. The molecule has 0 atom stereocenters. The number of nitrogens with zero attached hydrogens (tertiary/aromatic N) is 3. The van der Waals surface area contributed by atoms with Crippen molar-refractivity contribution in [3.63, 3.8) is 0 Å². The molecule has 0 spiro atoms. The highest BCUT2D eigenvalue weighted by molar-refractivity contribution is 5.95. The molecule has 2 aromatic rings. The third kappa shape index (κ3) is 5.17. The molecule has 2 aliphatic carbocycles. The van der Waals surface area contributed by atoms with Crippen LogP contribution in [0.5, 0.6) is 0 Å². The summed E-state index contributed by atoms with van der Waals surface area (Å²) in [5, 5.41) is 6.75. The van der Waals surface area contributed by atoms with Gasteiger partial charge in [-0.1, -0.05) is 18.2 Å². The predicted molar refractivity (Wildman–Crippen MR) is 126 cm³/mol. The molecule has 31 heavy (non-hydrogen) atoms. The minimum Gasteiger partial charge on any atom is -0.362 e. The minimum absolute atomic E-state index is 0.0389. The van der Waals surface area contributed by atoms with Gasteiger partial charge in [0.05, 0.1) is 5.69 Å². The quantitative estimate of drug-likeness (QED) is 0.734. The largest absolute Gasteiger partial charge is 0.362 e. The lowest BCUT2D eigenvalue weighted by Crippen LogP contribution is -2.34. The molecule has 0 aliphatic heterocycles. The van der Waals surface area contributed by atoms with Gasteiger partial charge >= 0.3 is 0 Å². The Hall–Kier alpha value is -2.63. The van der Waals surface area contributed by atoms with Crippen molar-refractivity contribution in [2.24, 2.45) is 5.92 Å². The number of anilines is 2. The Morgan fingerprint density at radius 1 is 1.06 bits per heavy atom. The number of aromatic nitrogens is 2. The zero-order valence-corrected chi connectivity index (χ0v) is 19.1. The van der Waals surface area contributed by atoms with Crippen molar-refractivity contribution in [2.45, 2.75) is 64.3 Å². The van der Waals surface area contributed by atoms with Crippen molar-refractivity contribution >= 4 is 17.7 Å². The number of carbonyl (C=O) groups excluding carboxylic acids is 1. The summed E-state index contributed by atoms with van der Waals surface area (Å²) < 4.78 is 0. The molecule has 166 valence electrons. The van der Waals surface area contributed by atoms with Gasteiger partial charge in [0.2, 0.25) is 5.95 Å². The molecule has 2 aliphatic rings. The molecular weight excluding hydrogens is 386 g/mol. The van der Waals surface area contributed by atoms with Crippen LogP contribution < -0.4 is 15.5 Å². The van der Waals surface area contributed by atoms with E-state index in [-0.39, 0.29) is 5.91 Å². The number of hydrogen-bond donors (Lipinski definition) is 2. The average molecular weight is 422 g/mol. The van der Waals surface area contributed by atoms with E-state index in [1.54, 1.807) is 0 Å². The van der Waals surface area contributed by atoms with Gasteiger partial charge in [-0.05, 0) is 75.8 Å². The van der Waals surface area contributed by atoms with Crippen LogP contribution in [-0.2, 0) is 12.8 Å². The van der Waals surface area contributed by atoms with Crippen LogP contribution in [0.4, 0.5) is 11.8 Å². The zero-order chi connectivity index (χ0) is 21.8. The molecule has 0 radical (unpaired) electrons. The predicted octanol–water partition coefficient (Wildman–Crippen LogP) is 4.13. The molecule has 1 saturated carbocycles. The second-order valence-corrected chi connectivity index (χ2v) is 9.28. The monoisotopic (exact) mass is 421 g/mol. The molecule has 0 unspecified atom stereocenters. The third-order valence-electron chi connectivity index (χ3n) is 6.71. The number of carbonyl (C=O) groups is 1. The number of amides is 1. The van der Waals surface area contributed by atoms with Crippen molar-refractivity contribution in [3.05, 3.63) is 46.6 Å². The molecule has 1 aromatic heterocycles. The first kappa shape index (κ1) is 21.6. The number of aryl methyl sites for hydroxylation is 2. The Labute approximate surface area is 185 Å². The second kappa shape index (κ2) is 9.67. The Bertz CT molecular complexity index is 918. The molecule has 2 N–H and O–H groups in total. The van der Waals surface area contributed by atoms with Crippen molar-refractivity contribution in [3.8, 4) is 0 Å². The van der Waals surface area contributed by atoms with Crippen LogP contribution in [0.25, 0.3) is 0 Å². The third-order valence-corrected chi connectivity index (χ3v) is 6.71. The van der Waals surface area contributed by atoms with Crippen LogP contribution in [0, 0.1) is 12.8 Å². The van der Waals surface area contributed by atoms with Crippen molar-refractivity contribution in [1.29, 1.82) is 0 Å². The van der Waals surface area contributed by atoms with Gasteiger partial charge in [0, 0.05) is 37.8 Å². The van der Waals surface area contributed by atoms with E-state index in [1.165, 1.54) is 24.1 Å². The van der Waals surface area contributed by atoms with Gasteiger partial charge in [0.25, 0.3) is 5.91 Å². The molecule has 6 nitrogen and oxygen atoms in total. The van der Waals surface area contributed by atoms with Crippen LogP contribution in [0.2, 0.25) is 0 Å². The fraction of sp³-hybridized carbons (Fsp3) is 0.560. The summed E-state index contributed by atoms with van der Waals surface area (Å²) in [7, 11) is 4.13. The molecule has 1 aromatic carbocycles. The Morgan fingerprint density at radius 2 is 1.81 bits per heavy atom. The number of nitrogens with one attached hydrogen (secondary N) is 2. The Kier molecular flexibility index (Phi) is 6.73. The second-order valence-electron chi connectivity index (χ2n) is 9.28. The zero-order valence-electron chi connectivity index (χ0n) is 19.1. The lowest BCUT2D eigenvalue weighted by Gasteiger charge is -2.30. The summed E-state index contributed by atoms with van der Waals surface area (Å²) in [6.07, 6.45) is 8.98. The lowest BCUT2D eigenvalue weighted by molar-refractivity contribution is 0.0942. The van der Waals surface area contributed by atoms with E-state index < -0.39 is 0 Å². The highest BCUT2D eigenvalue weighted by atomic mass is 16.1. The molecule has 4 rings (SSSR count). The van der Waals surface area contributed by atoms with E-state index in [0.29, 0.717) is 12.0 Å². The highest BCUT2D eigenvalue weighted by Gasteiger charge is 2.24. The van der Waals surface area contributed by atoms with Gasteiger partial charge in [-0.25, -0.2) is 4.98 Å². The van der Waals surface area contributed by atoms with Gasteiger partial charge in [0.1, 0.15) is 5.82 Å². The minimum atomic E-state index is 0.0389. The number of benzene rings is 1. The number of hydrogen-bond acceptors (Lipinski definition) is 5. The van der Waals surface area contributed by atoms with E-state index in [4.69, 9.17) is 9.97 Å². The first-order chi connectivity index (χ1) is 15.0. The smallest absolute Gasteiger partial charge is 0.251 e. The average Bonchev–Trinajstić information content (AvgIpc) is 2.78. The first-order valence-corrected chi connectivity index (χ1v) is 11.7. The standard InChI is InChI=1S/C25H35N5O/c1-17-8-4-5-9-20(17)24(31)26-16-18-12-14-19(15-13-18)27-25-28-22-11-7-6-10-21(22)23(29-25)30(2)3/h4-5,8-9,18-19H,6-7,10-16H2,1-3H3,(H,26,31)(H,27,28,29)/t18-,19+. The fourth-order valence-electron chi connectivity index (χ4n) is 4.86. The first-order valence-electron chi connectivity index (χ1n) is 11.7. The molecule has 1 fully saturated rings. The van der Waals surface area contributed by atoms with Gasteiger partial charge in [-0.15, -0.1) is 0 Å². The van der Waals surface area contributed by atoms with Gasteiger partial charge in [-0.2, -0.15) is 4.98 Å². The van der Waals surface area contributed by atoms with Crippen molar-refractivity contribution in [2.75, 3.05) is 30.9 Å². The van der Waals surface area contributed by atoms with Crippen LogP contribution >= 0.6 is 0 Å². The highest BCUT2D eigenvalue weighted by Crippen LogP contribution is 2.30. The van der Waals surface area contributed by atoms with Crippen molar-refractivity contribution < 1.29 is 4.79 Å². The lowest BCUT2D eigenvalue weighted by atomic mass is 9.86.